The van der Waals surface area contributed by atoms with Crippen molar-refractivity contribution in [1.29, 1.82) is 0 Å². The number of carbonyl (C=O) groups excluding carboxylic acids is 1. The third kappa shape index (κ3) is 1.40. The first kappa shape index (κ1) is 9.37. The highest BCUT2D eigenvalue weighted by atomic mass is 19.1. The second kappa shape index (κ2) is 3.34. The molecule has 5 nitrogen and oxygen atoms in total. The number of ether oxygens (including phenoxy) is 1. The normalized spacial score (nSPS) is 42.5. The Kier molecular flexibility index (Phi) is 2.61. The van der Waals surface area contributed by atoms with Gasteiger partial charge in [-0.2, -0.15) is 0 Å². The number of alkyl halides is 1. The van der Waals surface area contributed by atoms with E-state index < -0.39 is 37.1 Å². The number of halogens is 1. The molecule has 0 bridgehead atoms. The highest BCUT2D eigenvalue weighted by Crippen LogP contribution is 2.18. The zero-order chi connectivity index (χ0) is 9.30. The number of esters is 1. The van der Waals surface area contributed by atoms with Crippen molar-refractivity contribution in [2.24, 2.45) is 0 Å². The van der Waals surface area contributed by atoms with Crippen molar-refractivity contribution < 1.29 is 29.2 Å². The largest absolute Gasteiger partial charge is 0.455 e. The quantitative estimate of drug-likeness (QED) is 0.405. The van der Waals surface area contributed by atoms with E-state index in [1.54, 1.807) is 0 Å². The van der Waals surface area contributed by atoms with E-state index >= 15 is 0 Å². The molecule has 0 aromatic carbocycles. The Bertz CT molecular complexity index is 183. The second-order valence-corrected chi connectivity index (χ2v) is 2.54. The minimum atomic E-state index is -2.23. The first-order valence-corrected chi connectivity index (χ1v) is 3.39. The van der Waals surface area contributed by atoms with Gasteiger partial charge in [-0.05, 0) is 0 Å². The number of carbonyl (C=O) groups is 1. The van der Waals surface area contributed by atoms with Crippen LogP contribution in [0.5, 0.6) is 0 Å². The van der Waals surface area contributed by atoms with Crippen LogP contribution >= 0.6 is 0 Å². The van der Waals surface area contributed by atoms with Crippen LogP contribution in [-0.4, -0.2) is 52.4 Å². The smallest absolute Gasteiger partial charge is 0.344 e. The van der Waals surface area contributed by atoms with Gasteiger partial charge in [0.05, 0.1) is 6.61 Å². The van der Waals surface area contributed by atoms with E-state index in [9.17, 15) is 9.18 Å². The van der Waals surface area contributed by atoms with Crippen molar-refractivity contribution in [3.63, 3.8) is 0 Å². The Labute approximate surface area is 67.4 Å². The SMILES string of the molecule is O=C1O[C@H](CO)[C@@H](O)[C@H](O)[C@H]1F. The number of aliphatic hydroxyl groups excluding tert-OH is 3. The molecule has 0 radical (unpaired) electrons. The zero-order valence-electron chi connectivity index (χ0n) is 6.05. The van der Waals surface area contributed by atoms with E-state index in [-0.39, 0.29) is 0 Å². The van der Waals surface area contributed by atoms with Crippen LogP contribution in [0.25, 0.3) is 0 Å². The topological polar surface area (TPSA) is 87.0 Å². The third-order valence-corrected chi connectivity index (χ3v) is 1.70. The van der Waals surface area contributed by atoms with E-state index in [0.717, 1.165) is 0 Å². The fourth-order valence-corrected chi connectivity index (χ4v) is 0.962. The first-order chi connectivity index (χ1) is 5.57. The molecule has 4 atom stereocenters. The summed E-state index contributed by atoms with van der Waals surface area (Å²) in [6, 6.07) is 0. The van der Waals surface area contributed by atoms with Gasteiger partial charge < -0.3 is 20.1 Å². The molecule has 1 heterocycles. The van der Waals surface area contributed by atoms with Crippen molar-refractivity contribution in [2.45, 2.75) is 24.5 Å². The molecule has 1 aliphatic rings. The van der Waals surface area contributed by atoms with Crippen LogP contribution in [-0.2, 0) is 9.53 Å². The molecule has 0 unspecified atom stereocenters. The van der Waals surface area contributed by atoms with Crippen molar-refractivity contribution in [3.8, 4) is 0 Å². The van der Waals surface area contributed by atoms with E-state index in [4.69, 9.17) is 15.3 Å². The van der Waals surface area contributed by atoms with Gasteiger partial charge >= 0.3 is 5.97 Å². The summed E-state index contributed by atoms with van der Waals surface area (Å²) in [5.41, 5.74) is 0. The summed E-state index contributed by atoms with van der Waals surface area (Å²) in [4.78, 5) is 10.5. The van der Waals surface area contributed by atoms with Crippen molar-refractivity contribution in [1.82, 2.24) is 0 Å². The summed E-state index contributed by atoms with van der Waals surface area (Å²) in [5, 5.41) is 26.4. The van der Waals surface area contributed by atoms with Crippen LogP contribution < -0.4 is 0 Å². The number of rotatable bonds is 1. The molecule has 1 fully saturated rings. The van der Waals surface area contributed by atoms with Crippen LogP contribution in [0.15, 0.2) is 0 Å². The van der Waals surface area contributed by atoms with Crippen molar-refractivity contribution >= 4 is 5.97 Å². The van der Waals surface area contributed by atoms with E-state index in [1.807, 2.05) is 0 Å². The number of hydrogen-bond donors (Lipinski definition) is 3. The summed E-state index contributed by atoms with van der Waals surface area (Å²) in [5.74, 6) is -1.26. The molecule has 1 aliphatic heterocycles. The molecular formula is C6H9FO5. The molecule has 1 rings (SSSR count). The van der Waals surface area contributed by atoms with E-state index in [1.165, 1.54) is 0 Å². The Balaban J connectivity index is 2.70. The predicted molar refractivity (Wildman–Crippen MR) is 33.9 cm³/mol. The minimum Gasteiger partial charge on any atom is -0.455 e. The molecule has 0 spiro atoms. The summed E-state index contributed by atoms with van der Waals surface area (Å²) >= 11 is 0. The summed E-state index contributed by atoms with van der Waals surface area (Å²) in [6.45, 7) is -0.642. The third-order valence-electron chi connectivity index (χ3n) is 1.70. The number of hydrogen-bond acceptors (Lipinski definition) is 5. The van der Waals surface area contributed by atoms with Gasteiger partial charge in [-0.3, -0.25) is 0 Å². The fraction of sp³-hybridized carbons (Fsp3) is 0.833. The molecule has 6 heteroatoms. The van der Waals surface area contributed by atoms with Gasteiger partial charge in [-0.1, -0.05) is 0 Å². The van der Waals surface area contributed by atoms with Gasteiger partial charge in [0.2, 0.25) is 6.17 Å². The summed E-state index contributed by atoms with van der Waals surface area (Å²) < 4.78 is 16.8. The Morgan fingerprint density at radius 2 is 2.00 bits per heavy atom. The zero-order valence-corrected chi connectivity index (χ0v) is 6.05. The van der Waals surface area contributed by atoms with E-state index in [0.29, 0.717) is 0 Å². The Hall–Kier alpha value is -0.720. The second-order valence-electron chi connectivity index (χ2n) is 2.54. The monoisotopic (exact) mass is 180 g/mol. The molecule has 0 aliphatic carbocycles. The molecule has 70 valence electrons. The maximum Gasteiger partial charge on any atom is 0.344 e. The molecule has 0 saturated carbocycles. The van der Waals surface area contributed by atoms with E-state index in [2.05, 4.69) is 4.74 Å². The van der Waals surface area contributed by atoms with Crippen LogP contribution in [0, 0.1) is 0 Å². The maximum atomic E-state index is 12.6. The number of aliphatic hydroxyl groups is 3. The van der Waals surface area contributed by atoms with Crippen LogP contribution in [0.3, 0.4) is 0 Å². The van der Waals surface area contributed by atoms with Gasteiger partial charge in [-0.15, -0.1) is 0 Å². The lowest BCUT2D eigenvalue weighted by Gasteiger charge is -2.31. The highest BCUT2D eigenvalue weighted by molar-refractivity contribution is 5.76. The van der Waals surface area contributed by atoms with Crippen LogP contribution in [0.4, 0.5) is 4.39 Å². The van der Waals surface area contributed by atoms with Gasteiger partial charge in [-0.25, -0.2) is 9.18 Å². The average Bonchev–Trinajstić information content (AvgIpc) is 2.08. The highest BCUT2D eigenvalue weighted by Gasteiger charge is 2.44. The lowest BCUT2D eigenvalue weighted by atomic mass is 10.0. The average molecular weight is 180 g/mol. The molecule has 3 N–H and O–H groups in total. The predicted octanol–water partition coefficient (Wildman–Crippen LogP) is -2.04. The fourth-order valence-electron chi connectivity index (χ4n) is 0.962. The van der Waals surface area contributed by atoms with Gasteiger partial charge in [0.25, 0.3) is 0 Å². The van der Waals surface area contributed by atoms with Crippen LogP contribution in [0.1, 0.15) is 0 Å². The maximum absolute atomic E-state index is 12.6. The number of cyclic esters (lactones) is 1. The van der Waals surface area contributed by atoms with Gasteiger partial charge in [0.1, 0.15) is 12.2 Å². The molecule has 12 heavy (non-hydrogen) atoms. The molecule has 0 aromatic heterocycles. The Morgan fingerprint density at radius 3 is 2.50 bits per heavy atom. The van der Waals surface area contributed by atoms with Crippen molar-refractivity contribution in [3.05, 3.63) is 0 Å². The first-order valence-electron chi connectivity index (χ1n) is 3.39. The lowest BCUT2D eigenvalue weighted by molar-refractivity contribution is -0.197. The summed E-state index contributed by atoms with van der Waals surface area (Å²) in [7, 11) is 0. The molecular weight excluding hydrogens is 171 g/mol. The molecule has 1 saturated heterocycles. The van der Waals surface area contributed by atoms with Gasteiger partial charge in [0, 0.05) is 0 Å². The van der Waals surface area contributed by atoms with Crippen molar-refractivity contribution in [2.75, 3.05) is 6.61 Å². The molecule has 0 amide bonds. The lowest BCUT2D eigenvalue weighted by Crippen LogP contribution is -2.55. The van der Waals surface area contributed by atoms with Gasteiger partial charge in [0.15, 0.2) is 6.10 Å². The summed E-state index contributed by atoms with van der Waals surface area (Å²) in [6.07, 6.45) is -6.85. The standard InChI is InChI=1S/C6H9FO5/c7-3-5(10)4(9)2(1-8)12-6(3)11/h2-5,8-10H,1H2/t2-,3-,4-,5-/m1/s1. The minimum absolute atomic E-state index is 0.642. The molecule has 0 aromatic rings. The van der Waals surface area contributed by atoms with Crippen LogP contribution in [0.2, 0.25) is 0 Å². The Morgan fingerprint density at radius 1 is 1.42 bits per heavy atom.